The highest BCUT2D eigenvalue weighted by atomic mass is 32.2. The van der Waals surface area contributed by atoms with Gasteiger partial charge in [0.05, 0.1) is 24.2 Å². The lowest BCUT2D eigenvalue weighted by Gasteiger charge is -2.09. The second-order valence-corrected chi connectivity index (χ2v) is 5.53. The molecule has 2 aromatic rings. The number of nitrogens with one attached hydrogen (secondary N) is 1. The predicted octanol–water partition coefficient (Wildman–Crippen LogP) is 3.17. The number of benzene rings is 1. The minimum Gasteiger partial charge on any atom is -0.495 e. The molecule has 6 heteroatoms. The van der Waals surface area contributed by atoms with E-state index in [9.17, 15) is 4.79 Å². The fraction of sp³-hybridized carbons (Fsp3) is 0.333. The summed E-state index contributed by atoms with van der Waals surface area (Å²) in [6.07, 6.45) is 0. The Bertz CT molecular complexity index is 606. The van der Waals surface area contributed by atoms with Crippen molar-refractivity contribution in [2.24, 2.45) is 0 Å². The topological polar surface area (TPSA) is 64.4 Å². The number of methoxy groups -OCH3 is 1. The number of amides is 1. The van der Waals surface area contributed by atoms with E-state index in [4.69, 9.17) is 9.26 Å². The van der Waals surface area contributed by atoms with Gasteiger partial charge in [0, 0.05) is 11.3 Å². The number of thioether (sulfide) groups is 1. The number of carbonyl (C=O) groups excluding carboxylic acids is 1. The Labute approximate surface area is 128 Å². The van der Waals surface area contributed by atoms with Crippen LogP contribution in [-0.4, -0.2) is 23.9 Å². The highest BCUT2D eigenvalue weighted by Gasteiger charge is 2.11. The number of para-hydroxylation sites is 2. The Morgan fingerprint density at radius 1 is 1.38 bits per heavy atom. The van der Waals surface area contributed by atoms with Crippen molar-refractivity contribution in [3.8, 4) is 5.75 Å². The minimum absolute atomic E-state index is 0.0590. The van der Waals surface area contributed by atoms with Crippen LogP contribution in [0.3, 0.4) is 0 Å². The third kappa shape index (κ3) is 4.01. The molecule has 0 saturated heterocycles. The molecule has 21 heavy (non-hydrogen) atoms. The molecule has 1 aromatic heterocycles. The Morgan fingerprint density at radius 2 is 2.14 bits per heavy atom. The lowest BCUT2D eigenvalue weighted by molar-refractivity contribution is -0.113. The number of aromatic nitrogens is 1. The summed E-state index contributed by atoms with van der Waals surface area (Å²) < 4.78 is 10.3. The second-order valence-electron chi connectivity index (χ2n) is 4.54. The third-order valence-electron chi connectivity index (χ3n) is 3.04. The molecule has 1 amide bonds. The summed E-state index contributed by atoms with van der Waals surface area (Å²) in [6.45, 7) is 3.78. The van der Waals surface area contributed by atoms with Crippen LogP contribution in [0.2, 0.25) is 0 Å². The number of hydrogen-bond acceptors (Lipinski definition) is 5. The highest BCUT2D eigenvalue weighted by Crippen LogP contribution is 2.24. The van der Waals surface area contributed by atoms with Gasteiger partial charge >= 0.3 is 0 Å². The molecule has 0 spiro atoms. The molecule has 0 unspecified atom stereocenters. The van der Waals surface area contributed by atoms with Crippen LogP contribution in [0.25, 0.3) is 0 Å². The van der Waals surface area contributed by atoms with E-state index in [2.05, 4.69) is 10.5 Å². The standard InChI is InChI=1S/C15H18N2O3S/c1-10-12(11(2)20-17-10)8-21-9-15(18)16-13-6-4-5-7-14(13)19-3/h4-7H,8-9H2,1-3H3,(H,16,18). The summed E-state index contributed by atoms with van der Waals surface area (Å²) >= 11 is 1.53. The molecule has 0 fully saturated rings. The highest BCUT2D eigenvalue weighted by molar-refractivity contribution is 7.99. The van der Waals surface area contributed by atoms with Crippen molar-refractivity contribution in [1.29, 1.82) is 0 Å². The van der Waals surface area contributed by atoms with Crippen LogP contribution in [0.4, 0.5) is 5.69 Å². The number of aryl methyl sites for hydroxylation is 2. The molecule has 1 heterocycles. The molecule has 0 aliphatic carbocycles. The zero-order chi connectivity index (χ0) is 15.2. The van der Waals surface area contributed by atoms with E-state index in [0.29, 0.717) is 22.9 Å². The molecule has 0 aliphatic rings. The molecule has 1 aromatic carbocycles. The van der Waals surface area contributed by atoms with Gasteiger partial charge in [-0.25, -0.2) is 0 Å². The number of carbonyl (C=O) groups is 1. The smallest absolute Gasteiger partial charge is 0.234 e. The predicted molar refractivity (Wildman–Crippen MR) is 83.8 cm³/mol. The number of rotatable bonds is 6. The minimum atomic E-state index is -0.0590. The molecule has 5 nitrogen and oxygen atoms in total. The van der Waals surface area contributed by atoms with Crippen molar-refractivity contribution in [2.45, 2.75) is 19.6 Å². The van der Waals surface area contributed by atoms with E-state index in [1.54, 1.807) is 7.11 Å². The van der Waals surface area contributed by atoms with E-state index in [1.165, 1.54) is 11.8 Å². The number of nitrogens with zero attached hydrogens (tertiary/aromatic N) is 1. The monoisotopic (exact) mass is 306 g/mol. The van der Waals surface area contributed by atoms with E-state index in [1.807, 2.05) is 38.1 Å². The van der Waals surface area contributed by atoms with E-state index < -0.39 is 0 Å². The SMILES string of the molecule is COc1ccccc1NC(=O)CSCc1c(C)noc1C. The average Bonchev–Trinajstić information content (AvgIpc) is 2.79. The summed E-state index contributed by atoms with van der Waals surface area (Å²) in [7, 11) is 1.58. The number of hydrogen-bond donors (Lipinski definition) is 1. The zero-order valence-electron chi connectivity index (χ0n) is 12.3. The second kappa shape index (κ2) is 7.17. The molecular formula is C15H18N2O3S. The van der Waals surface area contributed by atoms with Crippen molar-refractivity contribution in [2.75, 3.05) is 18.2 Å². The van der Waals surface area contributed by atoms with Gasteiger partial charge in [0.2, 0.25) is 5.91 Å². The molecule has 0 atom stereocenters. The van der Waals surface area contributed by atoms with Gasteiger partial charge < -0.3 is 14.6 Å². The van der Waals surface area contributed by atoms with Crippen molar-refractivity contribution in [1.82, 2.24) is 5.16 Å². The molecule has 0 bridgehead atoms. The fourth-order valence-corrected chi connectivity index (χ4v) is 2.86. The van der Waals surface area contributed by atoms with Gasteiger partial charge in [0.1, 0.15) is 11.5 Å². The van der Waals surface area contributed by atoms with Gasteiger partial charge in [-0.15, -0.1) is 11.8 Å². The van der Waals surface area contributed by atoms with Crippen LogP contribution in [-0.2, 0) is 10.5 Å². The molecule has 112 valence electrons. The van der Waals surface area contributed by atoms with Gasteiger partial charge in [-0.2, -0.15) is 0 Å². The maximum absolute atomic E-state index is 12.0. The summed E-state index contributed by atoms with van der Waals surface area (Å²) in [5.41, 5.74) is 2.62. The summed E-state index contributed by atoms with van der Waals surface area (Å²) in [6, 6.07) is 7.35. The van der Waals surface area contributed by atoms with Gasteiger partial charge in [0.15, 0.2) is 0 Å². The summed E-state index contributed by atoms with van der Waals surface area (Å²) in [4.78, 5) is 12.0. The molecule has 0 radical (unpaired) electrons. The van der Waals surface area contributed by atoms with Crippen LogP contribution in [0, 0.1) is 13.8 Å². The van der Waals surface area contributed by atoms with E-state index in [0.717, 1.165) is 17.0 Å². The van der Waals surface area contributed by atoms with Crippen LogP contribution < -0.4 is 10.1 Å². The van der Waals surface area contributed by atoms with Crippen molar-refractivity contribution >= 4 is 23.4 Å². The first-order valence-corrected chi connectivity index (χ1v) is 7.69. The first kappa shape index (κ1) is 15.4. The first-order valence-electron chi connectivity index (χ1n) is 6.54. The number of ether oxygens (including phenoxy) is 1. The van der Waals surface area contributed by atoms with Crippen LogP contribution in [0.1, 0.15) is 17.0 Å². The zero-order valence-corrected chi connectivity index (χ0v) is 13.1. The summed E-state index contributed by atoms with van der Waals surface area (Å²) in [5, 5.41) is 6.75. The Morgan fingerprint density at radius 3 is 2.81 bits per heavy atom. The molecule has 2 rings (SSSR count). The van der Waals surface area contributed by atoms with E-state index in [-0.39, 0.29) is 5.91 Å². The normalized spacial score (nSPS) is 10.4. The number of anilines is 1. The Hall–Kier alpha value is -1.95. The maximum Gasteiger partial charge on any atom is 0.234 e. The molecule has 0 saturated carbocycles. The van der Waals surface area contributed by atoms with Gasteiger partial charge in [-0.05, 0) is 26.0 Å². The Kier molecular flexibility index (Phi) is 5.27. The van der Waals surface area contributed by atoms with Crippen molar-refractivity contribution in [3.63, 3.8) is 0 Å². The van der Waals surface area contributed by atoms with Crippen molar-refractivity contribution < 1.29 is 14.1 Å². The van der Waals surface area contributed by atoms with Crippen LogP contribution in [0.15, 0.2) is 28.8 Å². The molecule has 1 N–H and O–H groups in total. The summed E-state index contributed by atoms with van der Waals surface area (Å²) in [5.74, 6) is 2.48. The largest absolute Gasteiger partial charge is 0.495 e. The lowest BCUT2D eigenvalue weighted by Crippen LogP contribution is -2.14. The quantitative estimate of drug-likeness (QED) is 0.888. The third-order valence-corrected chi connectivity index (χ3v) is 4.00. The first-order chi connectivity index (χ1) is 10.1. The van der Waals surface area contributed by atoms with Crippen molar-refractivity contribution in [3.05, 3.63) is 41.3 Å². The van der Waals surface area contributed by atoms with Gasteiger partial charge in [-0.3, -0.25) is 4.79 Å². The van der Waals surface area contributed by atoms with E-state index >= 15 is 0 Å². The van der Waals surface area contributed by atoms with Crippen LogP contribution in [0.5, 0.6) is 5.75 Å². The molecule has 0 aliphatic heterocycles. The average molecular weight is 306 g/mol. The molecular weight excluding hydrogens is 288 g/mol. The van der Waals surface area contributed by atoms with Gasteiger partial charge in [0.25, 0.3) is 0 Å². The van der Waals surface area contributed by atoms with Gasteiger partial charge in [-0.1, -0.05) is 17.3 Å². The maximum atomic E-state index is 12.0. The lowest BCUT2D eigenvalue weighted by atomic mass is 10.2. The Balaban J connectivity index is 1.85. The fourth-order valence-electron chi connectivity index (χ4n) is 1.89. The van der Waals surface area contributed by atoms with Crippen LogP contribution >= 0.6 is 11.8 Å².